The van der Waals surface area contributed by atoms with Crippen LogP contribution in [0.2, 0.25) is 0 Å². The molecule has 0 spiro atoms. The second-order valence-electron chi connectivity index (χ2n) is 5.06. The molecule has 1 heterocycles. The second-order valence-corrected chi connectivity index (χ2v) is 5.06. The van der Waals surface area contributed by atoms with Gasteiger partial charge in [-0.05, 0) is 44.0 Å². The zero-order valence-electron chi connectivity index (χ0n) is 11.8. The van der Waals surface area contributed by atoms with Crippen molar-refractivity contribution < 1.29 is 19.0 Å². The fraction of sp³-hybridized carbons (Fsp3) is 0.400. The van der Waals surface area contributed by atoms with Crippen molar-refractivity contribution in [3.05, 3.63) is 29.6 Å². The molecule has 0 unspecified atom stereocenters. The third-order valence-corrected chi connectivity index (χ3v) is 3.43. The van der Waals surface area contributed by atoms with Crippen LogP contribution >= 0.6 is 0 Å². The SMILES string of the molecule is C/C(=C(\F)C(=O)O)c1ccc2c(c1)OCCN2C(C)C. The molecule has 0 radical (unpaired) electrons. The molecule has 108 valence electrons. The number of benzene rings is 1. The molecule has 0 atom stereocenters. The highest BCUT2D eigenvalue weighted by Crippen LogP contribution is 2.35. The smallest absolute Gasteiger partial charge is 0.365 e. The van der Waals surface area contributed by atoms with E-state index in [1.54, 1.807) is 12.1 Å². The maximum absolute atomic E-state index is 13.5. The van der Waals surface area contributed by atoms with Gasteiger partial charge in [-0.2, -0.15) is 4.39 Å². The summed E-state index contributed by atoms with van der Waals surface area (Å²) in [6, 6.07) is 5.61. The zero-order valence-corrected chi connectivity index (χ0v) is 11.8. The Labute approximate surface area is 117 Å². The van der Waals surface area contributed by atoms with Gasteiger partial charge in [0, 0.05) is 6.04 Å². The van der Waals surface area contributed by atoms with Crippen LogP contribution in [0.4, 0.5) is 10.1 Å². The molecule has 4 nitrogen and oxygen atoms in total. The molecule has 0 amide bonds. The molecule has 0 aliphatic carbocycles. The van der Waals surface area contributed by atoms with Crippen molar-refractivity contribution in [2.24, 2.45) is 0 Å². The summed E-state index contributed by atoms with van der Waals surface area (Å²) in [4.78, 5) is 12.9. The molecule has 1 aromatic rings. The Morgan fingerprint density at radius 3 is 2.75 bits per heavy atom. The van der Waals surface area contributed by atoms with Gasteiger partial charge in [0.15, 0.2) is 0 Å². The highest BCUT2D eigenvalue weighted by molar-refractivity contribution is 5.93. The number of anilines is 1. The lowest BCUT2D eigenvalue weighted by atomic mass is 10.0. The summed E-state index contributed by atoms with van der Waals surface area (Å²) in [6.07, 6.45) is 0. The Kier molecular flexibility index (Phi) is 3.97. The molecular formula is C15H18FNO3. The molecule has 0 aromatic heterocycles. The standard InChI is InChI=1S/C15H18FNO3/c1-9(2)17-6-7-20-13-8-11(4-5-12(13)17)10(3)14(16)15(18)19/h4-5,8-9H,6-7H2,1-3H3,(H,18,19)/b14-10+. The summed E-state index contributed by atoms with van der Waals surface area (Å²) < 4.78 is 19.1. The predicted molar refractivity (Wildman–Crippen MR) is 75.8 cm³/mol. The van der Waals surface area contributed by atoms with Crippen molar-refractivity contribution in [2.75, 3.05) is 18.1 Å². The summed E-state index contributed by atoms with van der Waals surface area (Å²) >= 11 is 0. The van der Waals surface area contributed by atoms with Crippen LogP contribution in [0.1, 0.15) is 26.3 Å². The fourth-order valence-electron chi connectivity index (χ4n) is 2.30. The molecule has 1 aromatic carbocycles. The molecule has 20 heavy (non-hydrogen) atoms. The lowest BCUT2D eigenvalue weighted by Crippen LogP contribution is -2.37. The normalized spacial score (nSPS) is 15.6. The summed E-state index contributed by atoms with van der Waals surface area (Å²) in [5.41, 5.74) is 1.58. The van der Waals surface area contributed by atoms with Crippen molar-refractivity contribution in [3.8, 4) is 5.75 Å². The summed E-state index contributed by atoms with van der Waals surface area (Å²) in [5.74, 6) is -2.02. The molecule has 2 rings (SSSR count). The van der Waals surface area contributed by atoms with E-state index in [0.29, 0.717) is 24.0 Å². The highest BCUT2D eigenvalue weighted by Gasteiger charge is 2.21. The minimum Gasteiger partial charge on any atom is -0.490 e. The van der Waals surface area contributed by atoms with Gasteiger partial charge in [0.25, 0.3) is 0 Å². The van der Waals surface area contributed by atoms with Gasteiger partial charge in [-0.25, -0.2) is 4.79 Å². The van der Waals surface area contributed by atoms with Crippen LogP contribution in [0.3, 0.4) is 0 Å². The van der Waals surface area contributed by atoms with Crippen LogP contribution in [-0.2, 0) is 4.79 Å². The lowest BCUT2D eigenvalue weighted by Gasteiger charge is -2.34. The number of aliphatic carboxylic acids is 1. The number of carbonyl (C=O) groups is 1. The number of allylic oxidation sites excluding steroid dienone is 1. The summed E-state index contributed by atoms with van der Waals surface area (Å²) in [6.45, 7) is 7.02. The molecule has 0 fully saturated rings. The molecule has 1 aliphatic heterocycles. The van der Waals surface area contributed by atoms with E-state index in [1.165, 1.54) is 6.92 Å². The van der Waals surface area contributed by atoms with Gasteiger partial charge in [0.05, 0.1) is 12.2 Å². The first-order chi connectivity index (χ1) is 9.41. The lowest BCUT2D eigenvalue weighted by molar-refractivity contribution is -0.134. The number of carboxylic acid groups (broad SMARTS) is 1. The molecule has 0 bridgehead atoms. The van der Waals surface area contributed by atoms with E-state index in [2.05, 4.69) is 18.7 Å². The first-order valence-corrected chi connectivity index (χ1v) is 6.55. The minimum absolute atomic E-state index is 0.102. The minimum atomic E-state index is -1.55. The van der Waals surface area contributed by atoms with Gasteiger partial charge in [-0.15, -0.1) is 0 Å². The van der Waals surface area contributed by atoms with Crippen LogP contribution in [0, 0.1) is 0 Å². The monoisotopic (exact) mass is 279 g/mol. The number of halogens is 1. The Hall–Kier alpha value is -2.04. The van der Waals surface area contributed by atoms with Crippen molar-refractivity contribution in [1.82, 2.24) is 0 Å². The Morgan fingerprint density at radius 2 is 2.15 bits per heavy atom. The van der Waals surface area contributed by atoms with Crippen LogP contribution in [0.25, 0.3) is 5.57 Å². The van der Waals surface area contributed by atoms with Crippen LogP contribution < -0.4 is 9.64 Å². The number of hydrogen-bond donors (Lipinski definition) is 1. The predicted octanol–water partition coefficient (Wildman–Crippen LogP) is 3.08. The highest BCUT2D eigenvalue weighted by atomic mass is 19.1. The number of nitrogens with zero attached hydrogens (tertiary/aromatic N) is 1. The van der Waals surface area contributed by atoms with E-state index in [9.17, 15) is 9.18 Å². The number of hydrogen-bond acceptors (Lipinski definition) is 3. The topological polar surface area (TPSA) is 49.8 Å². The van der Waals surface area contributed by atoms with Crippen molar-refractivity contribution in [1.29, 1.82) is 0 Å². The van der Waals surface area contributed by atoms with E-state index >= 15 is 0 Å². The third kappa shape index (κ3) is 2.61. The maximum Gasteiger partial charge on any atom is 0.365 e. The van der Waals surface area contributed by atoms with Gasteiger partial charge >= 0.3 is 5.97 Å². The largest absolute Gasteiger partial charge is 0.490 e. The van der Waals surface area contributed by atoms with Gasteiger partial charge in [0.1, 0.15) is 12.4 Å². The summed E-state index contributed by atoms with van der Waals surface area (Å²) in [5, 5.41) is 8.69. The number of ether oxygens (including phenoxy) is 1. The zero-order chi connectivity index (χ0) is 14.9. The van der Waals surface area contributed by atoms with E-state index in [-0.39, 0.29) is 5.57 Å². The third-order valence-electron chi connectivity index (χ3n) is 3.43. The van der Waals surface area contributed by atoms with Gasteiger partial charge < -0.3 is 14.7 Å². The van der Waals surface area contributed by atoms with E-state index < -0.39 is 11.8 Å². The molecule has 5 heteroatoms. The number of rotatable bonds is 3. The maximum atomic E-state index is 13.5. The molecular weight excluding hydrogens is 261 g/mol. The Bertz CT molecular complexity index is 566. The van der Waals surface area contributed by atoms with Crippen molar-refractivity contribution in [2.45, 2.75) is 26.8 Å². The van der Waals surface area contributed by atoms with Crippen molar-refractivity contribution in [3.63, 3.8) is 0 Å². The quantitative estimate of drug-likeness (QED) is 0.864. The van der Waals surface area contributed by atoms with Gasteiger partial charge in [0.2, 0.25) is 5.83 Å². The van der Waals surface area contributed by atoms with E-state index in [1.807, 2.05) is 6.07 Å². The van der Waals surface area contributed by atoms with Crippen LogP contribution in [0.5, 0.6) is 5.75 Å². The van der Waals surface area contributed by atoms with Gasteiger partial charge in [-0.3, -0.25) is 0 Å². The first-order valence-electron chi connectivity index (χ1n) is 6.55. The van der Waals surface area contributed by atoms with Crippen molar-refractivity contribution >= 4 is 17.2 Å². The fourth-order valence-corrected chi connectivity index (χ4v) is 2.30. The first kappa shape index (κ1) is 14.4. The van der Waals surface area contributed by atoms with Gasteiger partial charge in [-0.1, -0.05) is 6.07 Å². The Morgan fingerprint density at radius 1 is 1.45 bits per heavy atom. The van der Waals surface area contributed by atoms with E-state index in [4.69, 9.17) is 9.84 Å². The average molecular weight is 279 g/mol. The molecule has 1 aliphatic rings. The van der Waals surface area contributed by atoms with Crippen LogP contribution in [-0.4, -0.2) is 30.3 Å². The number of fused-ring (bicyclic) bond motifs is 1. The average Bonchev–Trinajstić information content (AvgIpc) is 2.44. The molecule has 0 saturated heterocycles. The molecule has 1 N–H and O–H groups in total. The second kappa shape index (κ2) is 5.53. The van der Waals surface area contributed by atoms with E-state index in [0.717, 1.165) is 12.2 Å². The Balaban J connectivity index is 2.43. The van der Waals surface area contributed by atoms with Crippen LogP contribution in [0.15, 0.2) is 24.0 Å². The number of carboxylic acids is 1. The summed E-state index contributed by atoms with van der Waals surface area (Å²) in [7, 11) is 0. The molecule has 0 saturated carbocycles.